The number of carbonyl (C=O) groups excluding carboxylic acids is 1. The lowest BCUT2D eigenvalue weighted by atomic mass is 10.1. The van der Waals surface area contributed by atoms with Gasteiger partial charge < -0.3 is 15.2 Å². The van der Waals surface area contributed by atoms with E-state index in [1.807, 2.05) is 0 Å². The van der Waals surface area contributed by atoms with Crippen molar-refractivity contribution in [1.82, 2.24) is 5.32 Å². The lowest BCUT2D eigenvalue weighted by Crippen LogP contribution is -2.38. The zero-order valence-electron chi connectivity index (χ0n) is 10.0. The first-order valence-electron chi connectivity index (χ1n) is 5.47. The third kappa shape index (κ3) is 4.29. The predicted molar refractivity (Wildman–Crippen MR) is 68.5 cm³/mol. The van der Waals surface area contributed by atoms with Crippen molar-refractivity contribution >= 4 is 18.5 Å². The Hall–Kier alpha value is -1.11. The number of aliphatic hydroxyl groups excluding tert-OH is 1. The number of carbonyl (C=O) groups is 1. The molecule has 1 rings (SSSR count). The number of halogens is 1. The lowest BCUT2D eigenvalue weighted by Gasteiger charge is -2.16. The molecule has 18 heavy (non-hydrogen) atoms. The van der Waals surface area contributed by atoms with Gasteiger partial charge in [-0.2, -0.15) is 0 Å². The maximum absolute atomic E-state index is 13.0. The Morgan fingerprint density at radius 1 is 1.61 bits per heavy atom. The molecule has 0 aliphatic rings. The van der Waals surface area contributed by atoms with Gasteiger partial charge in [0.2, 0.25) is 0 Å². The van der Waals surface area contributed by atoms with E-state index in [0.717, 1.165) is 0 Å². The number of methoxy groups -OCH3 is 1. The molecular weight excluding hydrogens is 257 g/mol. The summed E-state index contributed by atoms with van der Waals surface area (Å²) in [6.07, 6.45) is 0.397. The topological polar surface area (TPSA) is 58.6 Å². The van der Waals surface area contributed by atoms with Crippen LogP contribution in [0.15, 0.2) is 23.1 Å². The zero-order valence-corrected chi connectivity index (χ0v) is 10.9. The molecule has 1 atom stereocenters. The third-order valence-corrected chi connectivity index (χ3v) is 2.73. The van der Waals surface area contributed by atoms with E-state index in [4.69, 9.17) is 9.84 Å². The first-order chi connectivity index (χ1) is 8.58. The van der Waals surface area contributed by atoms with Crippen molar-refractivity contribution in [2.45, 2.75) is 17.4 Å². The largest absolute Gasteiger partial charge is 0.396 e. The van der Waals surface area contributed by atoms with Crippen molar-refractivity contribution in [2.75, 3.05) is 20.3 Å². The molecule has 2 N–H and O–H groups in total. The van der Waals surface area contributed by atoms with E-state index in [-0.39, 0.29) is 23.5 Å². The summed E-state index contributed by atoms with van der Waals surface area (Å²) in [5.41, 5.74) is 0.320. The summed E-state index contributed by atoms with van der Waals surface area (Å²) in [5.74, 6) is -0.820. The number of nitrogens with one attached hydrogen (secondary N) is 1. The molecule has 6 heteroatoms. The summed E-state index contributed by atoms with van der Waals surface area (Å²) in [6, 6.07) is 3.65. The summed E-state index contributed by atoms with van der Waals surface area (Å²) in [6.45, 7) is 0.261. The average Bonchev–Trinajstić information content (AvgIpc) is 2.33. The number of hydrogen-bond donors (Lipinski definition) is 3. The molecule has 0 aliphatic heterocycles. The van der Waals surface area contributed by atoms with Crippen LogP contribution < -0.4 is 5.32 Å². The quantitative estimate of drug-likeness (QED) is 0.684. The standard InChI is InChI=1S/C12H16FNO3S/c1-17-7-9(4-5-15)14-12(16)8-2-3-10(13)11(18)6-8/h2-3,6,9,15,18H,4-5,7H2,1H3,(H,14,16). The molecule has 0 radical (unpaired) electrons. The van der Waals surface area contributed by atoms with Gasteiger partial charge in [0.25, 0.3) is 5.91 Å². The molecule has 0 heterocycles. The van der Waals surface area contributed by atoms with Crippen LogP contribution in [0.1, 0.15) is 16.8 Å². The zero-order chi connectivity index (χ0) is 13.5. The molecule has 0 fully saturated rings. The monoisotopic (exact) mass is 273 g/mol. The number of rotatable bonds is 6. The van der Waals surface area contributed by atoms with Gasteiger partial charge in [0, 0.05) is 24.2 Å². The molecule has 0 saturated heterocycles. The molecule has 0 aromatic heterocycles. The van der Waals surface area contributed by atoms with Crippen LogP contribution in [0.3, 0.4) is 0 Å². The molecule has 0 aliphatic carbocycles. The van der Waals surface area contributed by atoms with Gasteiger partial charge in [-0.3, -0.25) is 4.79 Å². The van der Waals surface area contributed by atoms with Crippen molar-refractivity contribution < 1.29 is 19.0 Å². The molecule has 1 aromatic rings. The number of benzene rings is 1. The highest BCUT2D eigenvalue weighted by Gasteiger charge is 2.14. The molecule has 4 nitrogen and oxygen atoms in total. The minimum absolute atomic E-state index is 0.0461. The van der Waals surface area contributed by atoms with Crippen LogP contribution in [0.2, 0.25) is 0 Å². The first-order valence-corrected chi connectivity index (χ1v) is 5.92. The minimum Gasteiger partial charge on any atom is -0.396 e. The van der Waals surface area contributed by atoms with E-state index in [2.05, 4.69) is 17.9 Å². The maximum Gasteiger partial charge on any atom is 0.251 e. The van der Waals surface area contributed by atoms with Crippen LogP contribution in [-0.2, 0) is 4.74 Å². The van der Waals surface area contributed by atoms with E-state index in [9.17, 15) is 9.18 Å². The molecule has 100 valence electrons. The fourth-order valence-corrected chi connectivity index (χ4v) is 1.69. The van der Waals surface area contributed by atoms with E-state index < -0.39 is 5.82 Å². The summed E-state index contributed by atoms with van der Waals surface area (Å²) >= 11 is 3.92. The van der Waals surface area contributed by atoms with E-state index >= 15 is 0 Å². The molecule has 1 amide bonds. The van der Waals surface area contributed by atoms with Crippen molar-refractivity contribution in [3.63, 3.8) is 0 Å². The van der Waals surface area contributed by atoms with Crippen LogP contribution in [0.4, 0.5) is 4.39 Å². The van der Waals surface area contributed by atoms with Crippen molar-refractivity contribution in [3.8, 4) is 0 Å². The van der Waals surface area contributed by atoms with Gasteiger partial charge in [0.05, 0.1) is 12.6 Å². The summed E-state index contributed by atoms with van der Waals surface area (Å²) in [7, 11) is 1.51. The van der Waals surface area contributed by atoms with Gasteiger partial charge in [-0.25, -0.2) is 4.39 Å². The first kappa shape index (κ1) is 14.9. The van der Waals surface area contributed by atoms with Crippen LogP contribution >= 0.6 is 12.6 Å². The second kappa shape index (κ2) is 7.35. The Bertz CT molecular complexity index is 408. The Balaban J connectivity index is 2.70. The Labute approximate surface area is 111 Å². The van der Waals surface area contributed by atoms with Crippen LogP contribution in [-0.4, -0.2) is 37.4 Å². The van der Waals surface area contributed by atoms with Gasteiger partial charge in [0.1, 0.15) is 5.82 Å². The highest BCUT2D eigenvalue weighted by molar-refractivity contribution is 7.80. The second-order valence-corrected chi connectivity index (χ2v) is 4.29. The number of ether oxygens (including phenoxy) is 1. The Morgan fingerprint density at radius 2 is 2.33 bits per heavy atom. The average molecular weight is 273 g/mol. The lowest BCUT2D eigenvalue weighted by molar-refractivity contribution is 0.0878. The second-order valence-electron chi connectivity index (χ2n) is 3.80. The van der Waals surface area contributed by atoms with E-state index in [1.54, 1.807) is 0 Å². The maximum atomic E-state index is 13.0. The fraction of sp³-hybridized carbons (Fsp3) is 0.417. The molecule has 0 bridgehead atoms. The smallest absolute Gasteiger partial charge is 0.251 e. The SMILES string of the molecule is COCC(CCO)NC(=O)c1ccc(F)c(S)c1. The molecule has 1 unspecified atom stereocenters. The van der Waals surface area contributed by atoms with E-state index in [1.165, 1.54) is 25.3 Å². The number of thiol groups is 1. The van der Waals surface area contributed by atoms with Gasteiger partial charge in [0.15, 0.2) is 0 Å². The van der Waals surface area contributed by atoms with Gasteiger partial charge in [-0.05, 0) is 24.6 Å². The third-order valence-electron chi connectivity index (χ3n) is 2.39. The summed E-state index contributed by atoms with van der Waals surface area (Å²) in [5, 5.41) is 11.6. The van der Waals surface area contributed by atoms with Crippen molar-refractivity contribution in [1.29, 1.82) is 0 Å². The predicted octanol–water partition coefficient (Wildman–Crippen LogP) is 1.24. The highest BCUT2D eigenvalue weighted by atomic mass is 32.1. The van der Waals surface area contributed by atoms with Crippen LogP contribution in [0.25, 0.3) is 0 Å². The molecule has 0 saturated carbocycles. The minimum atomic E-state index is -0.473. The van der Waals surface area contributed by atoms with Crippen LogP contribution in [0.5, 0.6) is 0 Å². The van der Waals surface area contributed by atoms with E-state index in [0.29, 0.717) is 18.6 Å². The fourth-order valence-electron chi connectivity index (χ4n) is 1.48. The van der Waals surface area contributed by atoms with Crippen molar-refractivity contribution in [2.24, 2.45) is 0 Å². The van der Waals surface area contributed by atoms with Crippen LogP contribution in [0, 0.1) is 5.82 Å². The highest BCUT2D eigenvalue weighted by Crippen LogP contribution is 2.14. The molecular formula is C12H16FNO3S. The summed E-state index contributed by atoms with van der Waals surface area (Å²) < 4.78 is 17.9. The van der Waals surface area contributed by atoms with Gasteiger partial charge in [-0.1, -0.05) is 0 Å². The molecule has 0 spiro atoms. The van der Waals surface area contributed by atoms with Crippen molar-refractivity contribution in [3.05, 3.63) is 29.6 Å². The summed E-state index contributed by atoms with van der Waals surface area (Å²) in [4.78, 5) is 12.0. The molecule has 1 aromatic carbocycles. The Morgan fingerprint density at radius 3 is 2.89 bits per heavy atom. The van der Waals surface area contributed by atoms with Gasteiger partial charge in [-0.15, -0.1) is 12.6 Å². The normalized spacial score (nSPS) is 12.2. The number of hydrogen-bond acceptors (Lipinski definition) is 4. The number of amides is 1. The Kier molecular flexibility index (Phi) is 6.11. The van der Waals surface area contributed by atoms with Gasteiger partial charge >= 0.3 is 0 Å². The number of aliphatic hydroxyl groups is 1.